The fourth-order valence-corrected chi connectivity index (χ4v) is 3.70. The van der Waals surface area contributed by atoms with Crippen molar-refractivity contribution >= 4 is 16.9 Å². The number of carbonyl (C=O) groups excluding carboxylic acids is 1. The summed E-state index contributed by atoms with van der Waals surface area (Å²) >= 11 is 0. The number of nitrogens with one attached hydrogen (secondary N) is 1. The molecule has 3 rings (SSSR count). The van der Waals surface area contributed by atoms with Gasteiger partial charge in [-0.2, -0.15) is 5.10 Å². The molecule has 2 aromatic heterocycles. The first-order chi connectivity index (χ1) is 12.8. The number of hydrogen-bond donors (Lipinski definition) is 1. The van der Waals surface area contributed by atoms with Crippen LogP contribution in [0.25, 0.3) is 11.0 Å². The Morgan fingerprint density at radius 3 is 2.44 bits per heavy atom. The summed E-state index contributed by atoms with van der Waals surface area (Å²) in [5.41, 5.74) is 2.56. The Labute approximate surface area is 162 Å². The molecule has 0 bridgehead atoms. The minimum atomic E-state index is -0.0277. The van der Waals surface area contributed by atoms with E-state index >= 15 is 0 Å². The summed E-state index contributed by atoms with van der Waals surface area (Å²) in [6.45, 7) is 14.4. The monoisotopic (exact) mass is 371 g/mol. The molecule has 2 heterocycles. The van der Waals surface area contributed by atoms with Gasteiger partial charge in [0.1, 0.15) is 0 Å². The molecule has 27 heavy (non-hydrogen) atoms. The molecule has 1 aliphatic rings. The smallest absolute Gasteiger partial charge is 0.252 e. The van der Waals surface area contributed by atoms with Gasteiger partial charge < -0.3 is 5.32 Å². The minimum absolute atomic E-state index is 0.0277. The SMILES string of the molecule is CC(C)N(CCNC(=O)c1cc(C2CC2)nc2c1cnn2C(C)C)C(C)C. The first-order valence-electron chi connectivity index (χ1n) is 10.2. The van der Waals surface area contributed by atoms with Gasteiger partial charge in [-0.1, -0.05) is 0 Å². The van der Waals surface area contributed by atoms with Crippen LogP contribution in [0.1, 0.15) is 82.4 Å². The average molecular weight is 372 g/mol. The number of nitrogens with zero attached hydrogens (tertiary/aromatic N) is 4. The molecule has 0 aromatic carbocycles. The third-order valence-electron chi connectivity index (χ3n) is 5.30. The molecule has 0 saturated heterocycles. The van der Waals surface area contributed by atoms with E-state index in [4.69, 9.17) is 4.98 Å². The van der Waals surface area contributed by atoms with Crippen molar-refractivity contribution in [2.75, 3.05) is 13.1 Å². The summed E-state index contributed by atoms with van der Waals surface area (Å²) in [4.78, 5) is 20.2. The van der Waals surface area contributed by atoms with E-state index in [0.717, 1.165) is 36.1 Å². The first kappa shape index (κ1) is 19.8. The van der Waals surface area contributed by atoms with E-state index in [9.17, 15) is 4.79 Å². The molecular formula is C21H33N5O. The van der Waals surface area contributed by atoms with Gasteiger partial charge in [-0.15, -0.1) is 0 Å². The van der Waals surface area contributed by atoms with Crippen molar-refractivity contribution in [3.63, 3.8) is 0 Å². The molecule has 0 aliphatic heterocycles. The van der Waals surface area contributed by atoms with Gasteiger partial charge in [-0.05, 0) is 60.5 Å². The lowest BCUT2D eigenvalue weighted by atomic mass is 10.1. The number of rotatable bonds is 8. The van der Waals surface area contributed by atoms with E-state index in [1.807, 2.05) is 10.7 Å². The lowest BCUT2D eigenvalue weighted by molar-refractivity contribution is 0.0941. The molecule has 0 radical (unpaired) electrons. The Morgan fingerprint density at radius 2 is 1.89 bits per heavy atom. The van der Waals surface area contributed by atoms with Gasteiger partial charge in [-0.3, -0.25) is 9.69 Å². The fraction of sp³-hybridized carbons (Fsp3) is 0.667. The van der Waals surface area contributed by atoms with Crippen molar-refractivity contribution < 1.29 is 4.79 Å². The van der Waals surface area contributed by atoms with Gasteiger partial charge in [0, 0.05) is 42.8 Å². The predicted molar refractivity (Wildman–Crippen MR) is 109 cm³/mol. The van der Waals surface area contributed by atoms with E-state index in [2.05, 4.69) is 56.9 Å². The number of pyridine rings is 1. The molecule has 6 nitrogen and oxygen atoms in total. The molecule has 1 saturated carbocycles. The summed E-state index contributed by atoms with van der Waals surface area (Å²) < 4.78 is 1.91. The van der Waals surface area contributed by atoms with E-state index in [1.165, 1.54) is 0 Å². The van der Waals surface area contributed by atoms with Crippen molar-refractivity contribution in [2.24, 2.45) is 0 Å². The molecule has 0 spiro atoms. The molecule has 0 atom stereocenters. The maximum absolute atomic E-state index is 13.0. The van der Waals surface area contributed by atoms with E-state index in [0.29, 0.717) is 30.1 Å². The van der Waals surface area contributed by atoms with Gasteiger partial charge in [0.2, 0.25) is 0 Å². The summed E-state index contributed by atoms with van der Waals surface area (Å²) in [7, 11) is 0. The zero-order chi connectivity index (χ0) is 19.7. The second-order valence-electron chi connectivity index (χ2n) is 8.47. The van der Waals surface area contributed by atoms with Crippen LogP contribution in [0.2, 0.25) is 0 Å². The standard InChI is InChI=1S/C21H33N5O/c1-13(2)25(14(3)4)10-9-22-21(27)17-11-19(16-7-8-16)24-20-18(17)12-23-26(20)15(5)6/h11-16H,7-10H2,1-6H3,(H,22,27). The Bertz CT molecular complexity index is 796. The number of amides is 1. The Balaban J connectivity index is 1.81. The Hall–Kier alpha value is -1.95. The zero-order valence-corrected chi connectivity index (χ0v) is 17.5. The highest BCUT2D eigenvalue weighted by Gasteiger charge is 2.28. The normalized spacial score (nSPS) is 14.9. The molecule has 1 aliphatic carbocycles. The molecular weight excluding hydrogens is 338 g/mol. The molecule has 148 valence electrons. The van der Waals surface area contributed by atoms with Crippen LogP contribution in [0.4, 0.5) is 0 Å². The minimum Gasteiger partial charge on any atom is -0.351 e. The Morgan fingerprint density at radius 1 is 1.22 bits per heavy atom. The second kappa shape index (κ2) is 7.97. The molecule has 0 unspecified atom stereocenters. The van der Waals surface area contributed by atoms with Gasteiger partial charge in [0.05, 0.1) is 17.1 Å². The molecule has 1 N–H and O–H groups in total. The van der Waals surface area contributed by atoms with Crippen molar-refractivity contribution in [2.45, 2.75) is 78.4 Å². The average Bonchev–Trinajstić information content (AvgIpc) is 3.35. The molecule has 2 aromatic rings. The third kappa shape index (κ3) is 4.32. The largest absolute Gasteiger partial charge is 0.351 e. The van der Waals surface area contributed by atoms with Crippen LogP contribution >= 0.6 is 0 Å². The van der Waals surface area contributed by atoms with Crippen LogP contribution < -0.4 is 5.32 Å². The summed E-state index contributed by atoms with van der Waals surface area (Å²) in [6, 6.07) is 3.11. The molecule has 1 fully saturated rings. The highest BCUT2D eigenvalue weighted by atomic mass is 16.1. The number of hydrogen-bond acceptors (Lipinski definition) is 4. The maximum atomic E-state index is 13.0. The second-order valence-corrected chi connectivity index (χ2v) is 8.47. The zero-order valence-electron chi connectivity index (χ0n) is 17.5. The van der Waals surface area contributed by atoms with Gasteiger partial charge in [0.25, 0.3) is 5.91 Å². The number of aromatic nitrogens is 3. The lowest BCUT2D eigenvalue weighted by Gasteiger charge is -2.30. The van der Waals surface area contributed by atoms with Crippen LogP contribution in [-0.4, -0.2) is 50.7 Å². The molecule has 1 amide bonds. The van der Waals surface area contributed by atoms with Crippen molar-refractivity contribution in [3.05, 3.63) is 23.5 Å². The number of fused-ring (bicyclic) bond motifs is 1. The van der Waals surface area contributed by atoms with Crippen molar-refractivity contribution in [1.29, 1.82) is 0 Å². The predicted octanol–water partition coefficient (Wildman–Crippen LogP) is 3.74. The first-order valence-corrected chi connectivity index (χ1v) is 10.2. The van der Waals surface area contributed by atoms with Crippen LogP contribution in [-0.2, 0) is 0 Å². The number of carbonyl (C=O) groups is 1. The van der Waals surface area contributed by atoms with Crippen LogP contribution in [0.15, 0.2) is 12.3 Å². The topological polar surface area (TPSA) is 63.1 Å². The highest BCUT2D eigenvalue weighted by Crippen LogP contribution is 2.40. The molecule has 6 heteroatoms. The Kier molecular flexibility index (Phi) is 5.84. The van der Waals surface area contributed by atoms with E-state index in [1.54, 1.807) is 6.20 Å². The van der Waals surface area contributed by atoms with Gasteiger partial charge >= 0.3 is 0 Å². The quantitative estimate of drug-likeness (QED) is 0.768. The maximum Gasteiger partial charge on any atom is 0.252 e. The summed E-state index contributed by atoms with van der Waals surface area (Å²) in [5, 5.41) is 8.43. The van der Waals surface area contributed by atoms with Crippen molar-refractivity contribution in [1.82, 2.24) is 25.0 Å². The summed E-state index contributed by atoms with van der Waals surface area (Å²) in [5.74, 6) is 0.467. The van der Waals surface area contributed by atoms with E-state index < -0.39 is 0 Å². The van der Waals surface area contributed by atoms with Crippen LogP contribution in [0, 0.1) is 0 Å². The van der Waals surface area contributed by atoms with Crippen LogP contribution in [0.5, 0.6) is 0 Å². The fourth-order valence-electron chi connectivity index (χ4n) is 3.70. The third-order valence-corrected chi connectivity index (χ3v) is 5.30. The van der Waals surface area contributed by atoms with Crippen LogP contribution in [0.3, 0.4) is 0 Å². The van der Waals surface area contributed by atoms with E-state index in [-0.39, 0.29) is 11.9 Å². The van der Waals surface area contributed by atoms with Crippen molar-refractivity contribution in [3.8, 4) is 0 Å². The highest BCUT2D eigenvalue weighted by molar-refractivity contribution is 6.05. The lowest BCUT2D eigenvalue weighted by Crippen LogP contribution is -2.42. The van der Waals surface area contributed by atoms with Gasteiger partial charge in [0.15, 0.2) is 5.65 Å². The summed E-state index contributed by atoms with van der Waals surface area (Å²) in [6.07, 6.45) is 4.10. The van der Waals surface area contributed by atoms with Gasteiger partial charge in [-0.25, -0.2) is 9.67 Å².